The molecule has 0 rings (SSSR count). The van der Waals surface area contributed by atoms with Gasteiger partial charge in [0, 0.05) is 5.92 Å². The van der Waals surface area contributed by atoms with E-state index in [4.69, 9.17) is 5.73 Å². The number of amides is 1. The van der Waals surface area contributed by atoms with Crippen molar-refractivity contribution >= 4 is 6.09 Å². The first kappa shape index (κ1) is 13.8. The molecule has 0 aliphatic rings. The van der Waals surface area contributed by atoms with Gasteiger partial charge in [-0.25, -0.2) is 4.79 Å². The second-order valence-corrected chi connectivity index (χ2v) is 3.64. The van der Waals surface area contributed by atoms with Gasteiger partial charge in [0.25, 0.3) is 0 Å². The standard InChI is InChI=1S/C12H21NO2/c1-3-4-5-6-7-8-9-11(2)10-15-12(13)14/h7,9,11H,3-6,10H2,1-2H3,(H2,13,14). The second kappa shape index (κ2) is 9.35. The molecule has 0 saturated carbocycles. The van der Waals surface area contributed by atoms with Crippen LogP contribution in [0.1, 0.15) is 39.5 Å². The van der Waals surface area contributed by atoms with Gasteiger partial charge in [-0.3, -0.25) is 0 Å². The smallest absolute Gasteiger partial charge is 0.404 e. The minimum atomic E-state index is -0.720. The molecule has 15 heavy (non-hydrogen) atoms. The number of nitrogens with two attached hydrogens (primary N) is 1. The summed E-state index contributed by atoms with van der Waals surface area (Å²) >= 11 is 0. The van der Waals surface area contributed by atoms with Gasteiger partial charge in [-0.15, -0.1) is 5.73 Å². The largest absolute Gasteiger partial charge is 0.449 e. The third kappa shape index (κ3) is 10.7. The molecule has 0 saturated heterocycles. The van der Waals surface area contributed by atoms with Crippen molar-refractivity contribution in [3.63, 3.8) is 0 Å². The Labute approximate surface area is 92.0 Å². The first-order valence-electron chi connectivity index (χ1n) is 5.50. The number of carbonyl (C=O) groups excluding carboxylic acids is 1. The molecule has 0 fully saturated rings. The fourth-order valence-electron chi connectivity index (χ4n) is 1.07. The van der Waals surface area contributed by atoms with Crippen LogP contribution in [0.4, 0.5) is 4.79 Å². The predicted octanol–water partition coefficient (Wildman–Crippen LogP) is 3.01. The van der Waals surface area contributed by atoms with Crippen LogP contribution in [0.5, 0.6) is 0 Å². The molecule has 0 aliphatic heterocycles. The number of hydrogen-bond donors (Lipinski definition) is 1. The summed E-state index contributed by atoms with van der Waals surface area (Å²) in [4.78, 5) is 10.3. The monoisotopic (exact) mass is 211 g/mol. The van der Waals surface area contributed by atoms with Crippen LogP contribution in [0, 0.1) is 5.92 Å². The zero-order chi connectivity index (χ0) is 11.5. The van der Waals surface area contributed by atoms with Gasteiger partial charge in [0.1, 0.15) is 0 Å². The van der Waals surface area contributed by atoms with E-state index in [1.807, 2.05) is 19.1 Å². The molecule has 86 valence electrons. The van der Waals surface area contributed by atoms with Gasteiger partial charge in [0.2, 0.25) is 0 Å². The molecular weight excluding hydrogens is 190 g/mol. The third-order valence-electron chi connectivity index (χ3n) is 1.94. The summed E-state index contributed by atoms with van der Waals surface area (Å²) in [7, 11) is 0. The summed E-state index contributed by atoms with van der Waals surface area (Å²) < 4.78 is 4.65. The predicted molar refractivity (Wildman–Crippen MR) is 61.5 cm³/mol. The van der Waals surface area contributed by atoms with E-state index in [-0.39, 0.29) is 5.92 Å². The van der Waals surface area contributed by atoms with Crippen LogP contribution in [0.2, 0.25) is 0 Å². The van der Waals surface area contributed by atoms with Crippen LogP contribution in [-0.4, -0.2) is 12.7 Å². The Balaban J connectivity index is 3.59. The lowest BCUT2D eigenvalue weighted by Crippen LogP contribution is -2.16. The van der Waals surface area contributed by atoms with E-state index in [0.29, 0.717) is 6.61 Å². The average Bonchev–Trinajstić information content (AvgIpc) is 2.20. The van der Waals surface area contributed by atoms with Crippen molar-refractivity contribution < 1.29 is 9.53 Å². The summed E-state index contributed by atoms with van der Waals surface area (Å²) in [5, 5.41) is 0. The van der Waals surface area contributed by atoms with Crippen LogP contribution in [0.3, 0.4) is 0 Å². The number of unbranched alkanes of at least 4 members (excludes halogenated alkanes) is 3. The van der Waals surface area contributed by atoms with Crippen LogP contribution in [0.15, 0.2) is 17.9 Å². The van der Waals surface area contributed by atoms with Crippen LogP contribution < -0.4 is 5.73 Å². The fourth-order valence-corrected chi connectivity index (χ4v) is 1.07. The minimum Gasteiger partial charge on any atom is -0.449 e. The average molecular weight is 211 g/mol. The number of hydrogen-bond acceptors (Lipinski definition) is 2. The van der Waals surface area contributed by atoms with Gasteiger partial charge in [-0.1, -0.05) is 26.7 Å². The van der Waals surface area contributed by atoms with Gasteiger partial charge in [0.05, 0.1) is 6.61 Å². The van der Waals surface area contributed by atoms with Crippen molar-refractivity contribution in [1.29, 1.82) is 0 Å². The molecule has 0 heterocycles. The van der Waals surface area contributed by atoms with E-state index in [1.165, 1.54) is 19.3 Å². The summed E-state index contributed by atoms with van der Waals surface area (Å²) in [6, 6.07) is 0. The molecule has 0 aromatic carbocycles. The van der Waals surface area contributed by atoms with E-state index in [2.05, 4.69) is 17.4 Å². The van der Waals surface area contributed by atoms with E-state index in [0.717, 1.165) is 6.42 Å². The normalized spacial score (nSPS) is 11.3. The molecule has 0 bridgehead atoms. The molecule has 1 unspecified atom stereocenters. The molecule has 0 aromatic heterocycles. The third-order valence-corrected chi connectivity index (χ3v) is 1.94. The van der Waals surface area contributed by atoms with Crippen LogP contribution in [-0.2, 0) is 4.74 Å². The molecular formula is C12H21NO2. The molecule has 3 heteroatoms. The van der Waals surface area contributed by atoms with Crippen LogP contribution in [0.25, 0.3) is 0 Å². The molecule has 2 N–H and O–H groups in total. The molecule has 0 aliphatic carbocycles. The summed E-state index contributed by atoms with van der Waals surface area (Å²) in [5.41, 5.74) is 7.93. The second-order valence-electron chi connectivity index (χ2n) is 3.64. The lowest BCUT2D eigenvalue weighted by atomic mass is 10.2. The Kier molecular flexibility index (Phi) is 8.59. The highest BCUT2D eigenvalue weighted by Crippen LogP contribution is 2.00. The quantitative estimate of drug-likeness (QED) is 0.520. The zero-order valence-corrected chi connectivity index (χ0v) is 9.66. The minimum absolute atomic E-state index is 0.167. The van der Waals surface area contributed by atoms with E-state index in [1.54, 1.807) is 0 Å². The Morgan fingerprint density at radius 2 is 2.27 bits per heavy atom. The fraction of sp³-hybridized carbons (Fsp3) is 0.667. The lowest BCUT2D eigenvalue weighted by Gasteiger charge is -2.03. The Morgan fingerprint density at radius 3 is 2.87 bits per heavy atom. The summed E-state index contributed by atoms with van der Waals surface area (Å²) in [6.07, 6.45) is 7.98. The highest BCUT2D eigenvalue weighted by molar-refractivity contribution is 5.64. The Hall–Kier alpha value is -1.21. The molecule has 0 spiro atoms. The van der Waals surface area contributed by atoms with Crippen molar-refractivity contribution in [2.45, 2.75) is 39.5 Å². The molecule has 0 aromatic rings. The first-order chi connectivity index (χ1) is 7.16. The highest BCUT2D eigenvalue weighted by atomic mass is 16.5. The topological polar surface area (TPSA) is 52.3 Å². The van der Waals surface area contributed by atoms with E-state index < -0.39 is 6.09 Å². The molecule has 1 atom stereocenters. The van der Waals surface area contributed by atoms with Crippen molar-refractivity contribution in [2.24, 2.45) is 11.7 Å². The van der Waals surface area contributed by atoms with Crippen molar-refractivity contribution in [2.75, 3.05) is 6.61 Å². The maximum Gasteiger partial charge on any atom is 0.404 e. The molecule has 3 nitrogen and oxygen atoms in total. The Morgan fingerprint density at radius 1 is 1.53 bits per heavy atom. The zero-order valence-electron chi connectivity index (χ0n) is 9.66. The maximum atomic E-state index is 10.3. The lowest BCUT2D eigenvalue weighted by molar-refractivity contribution is 0.147. The number of carbonyl (C=O) groups is 1. The van der Waals surface area contributed by atoms with Gasteiger partial charge in [-0.2, -0.15) is 0 Å². The van der Waals surface area contributed by atoms with Gasteiger partial charge < -0.3 is 10.5 Å². The number of rotatable bonds is 7. The van der Waals surface area contributed by atoms with E-state index in [9.17, 15) is 4.79 Å². The molecule has 0 radical (unpaired) electrons. The highest BCUT2D eigenvalue weighted by Gasteiger charge is 1.98. The van der Waals surface area contributed by atoms with Gasteiger partial charge >= 0.3 is 6.09 Å². The first-order valence-corrected chi connectivity index (χ1v) is 5.50. The number of primary amides is 1. The van der Waals surface area contributed by atoms with Crippen molar-refractivity contribution in [3.8, 4) is 0 Å². The maximum absolute atomic E-state index is 10.3. The summed E-state index contributed by atoms with van der Waals surface area (Å²) in [6.45, 7) is 4.46. The Bertz CT molecular complexity index is 230. The summed E-state index contributed by atoms with van der Waals surface area (Å²) in [5.74, 6) is 0.167. The SMILES string of the molecule is CCCCCC=C=CC(C)COC(N)=O. The van der Waals surface area contributed by atoms with Gasteiger partial charge in [0.15, 0.2) is 0 Å². The number of ether oxygens (including phenoxy) is 1. The van der Waals surface area contributed by atoms with E-state index >= 15 is 0 Å². The molecule has 1 amide bonds. The van der Waals surface area contributed by atoms with Crippen molar-refractivity contribution in [1.82, 2.24) is 0 Å². The van der Waals surface area contributed by atoms with Crippen LogP contribution >= 0.6 is 0 Å². The van der Waals surface area contributed by atoms with Crippen molar-refractivity contribution in [3.05, 3.63) is 17.9 Å². The van der Waals surface area contributed by atoms with Gasteiger partial charge in [-0.05, 0) is 25.0 Å².